The molecule has 0 saturated heterocycles. The zero-order valence-electron chi connectivity index (χ0n) is 11.4. The second-order valence-corrected chi connectivity index (χ2v) is 4.14. The summed E-state index contributed by atoms with van der Waals surface area (Å²) in [6, 6.07) is 2.58. The fourth-order valence-corrected chi connectivity index (χ4v) is 1.46. The smallest absolute Gasteiger partial charge is 0.305 e. The van der Waals surface area contributed by atoms with Crippen molar-refractivity contribution in [3.63, 3.8) is 0 Å². The highest BCUT2D eigenvalue weighted by Gasteiger charge is 2.15. The molecule has 0 fully saturated rings. The molecule has 0 aliphatic carbocycles. The van der Waals surface area contributed by atoms with Crippen molar-refractivity contribution in [2.45, 2.75) is 13.0 Å². The van der Waals surface area contributed by atoms with Crippen LogP contribution in [0.5, 0.6) is 0 Å². The standard InChI is InChI=1S/C12H17N3O5/c1-14(6-5-11(17)18)12(19)9-3-4-10(16)15(13-9)7-8-20-2/h3-4H,5-8H2,1-2H3,(H,17,18). The Labute approximate surface area is 115 Å². The molecule has 1 aromatic rings. The molecular formula is C12H17N3O5. The van der Waals surface area contributed by atoms with Gasteiger partial charge in [-0.05, 0) is 6.07 Å². The minimum Gasteiger partial charge on any atom is -0.481 e. The first-order valence-corrected chi connectivity index (χ1v) is 6.00. The predicted octanol–water partition coefficient (Wildman–Crippen LogP) is -0.564. The molecular weight excluding hydrogens is 266 g/mol. The number of nitrogens with zero attached hydrogens (tertiary/aromatic N) is 3. The number of rotatable bonds is 7. The number of carbonyl (C=O) groups excluding carboxylic acids is 1. The van der Waals surface area contributed by atoms with E-state index in [1.54, 1.807) is 0 Å². The van der Waals surface area contributed by atoms with Gasteiger partial charge in [0.2, 0.25) is 0 Å². The van der Waals surface area contributed by atoms with Gasteiger partial charge in [0.05, 0.1) is 19.6 Å². The van der Waals surface area contributed by atoms with Crippen molar-refractivity contribution in [1.82, 2.24) is 14.7 Å². The van der Waals surface area contributed by atoms with Crippen LogP contribution in [0.4, 0.5) is 0 Å². The molecule has 0 unspecified atom stereocenters. The summed E-state index contributed by atoms with van der Waals surface area (Å²) in [6.45, 7) is 0.627. The molecule has 1 aromatic heterocycles. The summed E-state index contributed by atoms with van der Waals surface area (Å²) >= 11 is 0. The van der Waals surface area contributed by atoms with Gasteiger partial charge in [-0.3, -0.25) is 14.4 Å². The maximum absolute atomic E-state index is 12.0. The fourth-order valence-electron chi connectivity index (χ4n) is 1.46. The molecule has 0 bridgehead atoms. The number of ether oxygens (including phenoxy) is 1. The number of hydrogen-bond donors (Lipinski definition) is 1. The van der Waals surface area contributed by atoms with E-state index in [4.69, 9.17) is 9.84 Å². The molecule has 110 valence electrons. The van der Waals surface area contributed by atoms with Gasteiger partial charge in [0.1, 0.15) is 5.69 Å². The number of amides is 1. The Morgan fingerprint density at radius 3 is 2.75 bits per heavy atom. The van der Waals surface area contributed by atoms with Crippen molar-refractivity contribution >= 4 is 11.9 Å². The fraction of sp³-hybridized carbons (Fsp3) is 0.500. The monoisotopic (exact) mass is 283 g/mol. The molecule has 0 aromatic carbocycles. The zero-order chi connectivity index (χ0) is 15.1. The summed E-state index contributed by atoms with van der Waals surface area (Å²) < 4.78 is 5.99. The highest BCUT2D eigenvalue weighted by Crippen LogP contribution is 1.99. The Morgan fingerprint density at radius 1 is 1.45 bits per heavy atom. The summed E-state index contributed by atoms with van der Waals surface area (Å²) in [5.41, 5.74) is -0.236. The van der Waals surface area contributed by atoms with Crippen molar-refractivity contribution < 1.29 is 19.4 Å². The van der Waals surface area contributed by atoms with Gasteiger partial charge >= 0.3 is 5.97 Å². The van der Waals surface area contributed by atoms with Crippen molar-refractivity contribution in [3.05, 3.63) is 28.2 Å². The van der Waals surface area contributed by atoms with E-state index in [-0.39, 0.29) is 30.8 Å². The predicted molar refractivity (Wildman–Crippen MR) is 69.6 cm³/mol. The summed E-state index contributed by atoms with van der Waals surface area (Å²) in [7, 11) is 2.98. The van der Waals surface area contributed by atoms with Crippen LogP contribution >= 0.6 is 0 Å². The lowest BCUT2D eigenvalue weighted by Crippen LogP contribution is -2.33. The largest absolute Gasteiger partial charge is 0.481 e. The molecule has 8 heteroatoms. The maximum Gasteiger partial charge on any atom is 0.305 e. The SMILES string of the molecule is COCCn1nc(C(=O)N(C)CCC(=O)O)ccc1=O. The molecule has 0 radical (unpaired) electrons. The summed E-state index contributed by atoms with van der Waals surface area (Å²) in [4.78, 5) is 35.3. The lowest BCUT2D eigenvalue weighted by molar-refractivity contribution is -0.137. The number of aromatic nitrogens is 2. The lowest BCUT2D eigenvalue weighted by Gasteiger charge is -2.15. The average Bonchev–Trinajstić information content (AvgIpc) is 2.43. The first-order chi connectivity index (χ1) is 9.45. The third-order valence-electron chi connectivity index (χ3n) is 2.60. The zero-order valence-corrected chi connectivity index (χ0v) is 11.4. The topological polar surface area (TPSA) is 102 Å². The van der Waals surface area contributed by atoms with E-state index in [9.17, 15) is 14.4 Å². The Morgan fingerprint density at radius 2 is 2.15 bits per heavy atom. The van der Waals surface area contributed by atoms with Crippen molar-refractivity contribution in [2.75, 3.05) is 27.3 Å². The van der Waals surface area contributed by atoms with E-state index >= 15 is 0 Å². The average molecular weight is 283 g/mol. The molecule has 1 amide bonds. The Kier molecular flexibility index (Phi) is 5.85. The van der Waals surface area contributed by atoms with Crippen LogP contribution < -0.4 is 5.56 Å². The van der Waals surface area contributed by atoms with Crippen LogP contribution in [0.15, 0.2) is 16.9 Å². The van der Waals surface area contributed by atoms with Crippen molar-refractivity contribution in [3.8, 4) is 0 Å². The Bertz CT molecular complexity index is 540. The van der Waals surface area contributed by atoms with Crippen LogP contribution in [-0.2, 0) is 16.1 Å². The van der Waals surface area contributed by atoms with Gasteiger partial charge in [0.15, 0.2) is 0 Å². The van der Waals surface area contributed by atoms with Gasteiger partial charge in [-0.1, -0.05) is 0 Å². The molecule has 8 nitrogen and oxygen atoms in total. The summed E-state index contributed by atoms with van der Waals surface area (Å²) in [5.74, 6) is -1.42. The molecule has 20 heavy (non-hydrogen) atoms. The van der Waals surface area contributed by atoms with Gasteiger partial charge in [0, 0.05) is 26.8 Å². The molecule has 1 heterocycles. The Hall–Kier alpha value is -2.22. The number of methoxy groups -OCH3 is 1. The van der Waals surface area contributed by atoms with Gasteiger partial charge < -0.3 is 14.7 Å². The van der Waals surface area contributed by atoms with E-state index in [0.717, 1.165) is 4.68 Å². The van der Waals surface area contributed by atoms with E-state index < -0.39 is 11.9 Å². The highest BCUT2D eigenvalue weighted by atomic mass is 16.5. The van der Waals surface area contributed by atoms with Crippen LogP contribution in [0, 0.1) is 0 Å². The van der Waals surface area contributed by atoms with E-state index in [1.165, 1.54) is 31.2 Å². The minimum atomic E-state index is -0.984. The molecule has 1 N–H and O–H groups in total. The maximum atomic E-state index is 12.0. The quantitative estimate of drug-likeness (QED) is 0.719. The molecule has 0 saturated carbocycles. The van der Waals surface area contributed by atoms with Gasteiger partial charge in [-0.15, -0.1) is 0 Å². The molecule has 1 rings (SSSR count). The van der Waals surface area contributed by atoms with Crippen LogP contribution in [0.2, 0.25) is 0 Å². The minimum absolute atomic E-state index is 0.0764. The van der Waals surface area contributed by atoms with Gasteiger partial charge in [-0.25, -0.2) is 4.68 Å². The Balaban J connectivity index is 2.82. The first-order valence-electron chi connectivity index (χ1n) is 6.00. The van der Waals surface area contributed by atoms with Crippen LogP contribution in [0.1, 0.15) is 16.9 Å². The summed E-state index contributed by atoms with van der Waals surface area (Å²) in [5, 5.41) is 12.5. The van der Waals surface area contributed by atoms with Crippen LogP contribution in [0.3, 0.4) is 0 Å². The number of aliphatic carboxylic acids is 1. The van der Waals surface area contributed by atoms with E-state index in [2.05, 4.69) is 5.10 Å². The molecule has 0 aliphatic rings. The second kappa shape index (κ2) is 7.39. The van der Waals surface area contributed by atoms with Crippen molar-refractivity contribution in [1.29, 1.82) is 0 Å². The first kappa shape index (κ1) is 15.8. The van der Waals surface area contributed by atoms with E-state index in [0.29, 0.717) is 6.61 Å². The molecule has 0 aliphatic heterocycles. The van der Waals surface area contributed by atoms with Crippen molar-refractivity contribution in [2.24, 2.45) is 0 Å². The lowest BCUT2D eigenvalue weighted by atomic mass is 10.3. The highest BCUT2D eigenvalue weighted by molar-refractivity contribution is 5.92. The number of hydrogen-bond acceptors (Lipinski definition) is 5. The van der Waals surface area contributed by atoms with E-state index in [1.807, 2.05) is 0 Å². The van der Waals surface area contributed by atoms with Crippen LogP contribution in [-0.4, -0.2) is 59.0 Å². The van der Waals surface area contributed by atoms with Gasteiger partial charge in [-0.2, -0.15) is 5.10 Å². The normalized spacial score (nSPS) is 10.3. The number of carboxylic acid groups (broad SMARTS) is 1. The third kappa shape index (κ3) is 4.47. The van der Waals surface area contributed by atoms with Gasteiger partial charge in [0.25, 0.3) is 11.5 Å². The summed E-state index contributed by atoms with van der Waals surface area (Å²) in [6.07, 6.45) is -0.147. The molecule has 0 atom stereocenters. The third-order valence-corrected chi connectivity index (χ3v) is 2.60. The number of carboxylic acids is 1. The second-order valence-electron chi connectivity index (χ2n) is 4.14. The van der Waals surface area contributed by atoms with Crippen LogP contribution in [0.25, 0.3) is 0 Å². The number of carbonyl (C=O) groups is 2. The molecule has 0 spiro atoms.